The van der Waals surface area contributed by atoms with Gasteiger partial charge < -0.3 is 0 Å². The molecule has 0 aliphatic carbocycles. The van der Waals surface area contributed by atoms with E-state index in [1.165, 1.54) is 0 Å². The van der Waals surface area contributed by atoms with Crippen LogP contribution < -0.4 is 0 Å². The molecular formula is H3Cl3Tl. The first kappa shape index (κ1) is 41.4. The molecule has 0 saturated carbocycles. The van der Waals surface area contributed by atoms with E-state index in [1.54, 1.807) is 0 Å². The largest absolute Gasteiger partial charge is 0.147 e. The average molecular weight is 314 g/mol. The summed E-state index contributed by atoms with van der Waals surface area (Å²) in [5.74, 6) is 0. The van der Waals surface area contributed by atoms with E-state index >= 15 is 0 Å². The standard InChI is InChI=1S/3ClH.Tl/h3*1H;. The van der Waals surface area contributed by atoms with E-state index in [0.29, 0.717) is 0 Å². The molecule has 0 aliphatic heterocycles. The summed E-state index contributed by atoms with van der Waals surface area (Å²) in [6.07, 6.45) is 0. The quantitative estimate of drug-likeness (QED) is 0.583. The molecule has 0 spiro atoms. The Balaban J connectivity index is 0. The van der Waals surface area contributed by atoms with E-state index in [4.69, 9.17) is 0 Å². The minimum Gasteiger partial charge on any atom is -0.147 e. The van der Waals surface area contributed by atoms with Crippen LogP contribution in [-0.2, 0) is 0 Å². The van der Waals surface area contributed by atoms with Gasteiger partial charge in [-0.1, -0.05) is 0 Å². The second kappa shape index (κ2) is 21.5. The minimum absolute atomic E-state index is 0. The molecule has 0 aromatic carbocycles. The van der Waals surface area contributed by atoms with E-state index in [0.717, 1.165) is 0 Å². The van der Waals surface area contributed by atoms with Gasteiger partial charge in [-0.2, -0.15) is 0 Å². The van der Waals surface area contributed by atoms with Gasteiger partial charge in [0.05, 0.1) is 0 Å². The molecular weight excluding hydrogens is 311 g/mol. The summed E-state index contributed by atoms with van der Waals surface area (Å²) in [6, 6.07) is 0. The molecule has 0 unspecified atom stereocenters. The Morgan fingerprint density at radius 1 is 0.500 bits per heavy atom. The molecule has 4 heteroatoms. The van der Waals surface area contributed by atoms with Crippen LogP contribution in [0.2, 0.25) is 0 Å². The van der Waals surface area contributed by atoms with Crippen LogP contribution in [0.25, 0.3) is 0 Å². The van der Waals surface area contributed by atoms with Crippen LogP contribution in [0.15, 0.2) is 0 Å². The van der Waals surface area contributed by atoms with E-state index in [9.17, 15) is 0 Å². The van der Waals surface area contributed by atoms with Gasteiger partial charge >= 0.3 is 0 Å². The van der Waals surface area contributed by atoms with Gasteiger partial charge in [-0.25, -0.2) is 0 Å². The number of hydrogen-bond donors (Lipinski definition) is 0. The summed E-state index contributed by atoms with van der Waals surface area (Å²) in [4.78, 5) is 0. The molecule has 0 nitrogen and oxygen atoms in total. The third kappa shape index (κ3) is 9.20. The third-order valence-corrected chi connectivity index (χ3v) is 0. The molecule has 0 heterocycles. The molecule has 0 fully saturated rings. The Bertz CT molecular complexity index is 3.25. The predicted molar refractivity (Wildman–Crippen MR) is 27.5 cm³/mol. The molecule has 4 heavy (non-hydrogen) atoms. The van der Waals surface area contributed by atoms with Crippen molar-refractivity contribution in [3.63, 3.8) is 0 Å². The summed E-state index contributed by atoms with van der Waals surface area (Å²) in [7, 11) is 0. The topological polar surface area (TPSA) is 0 Å². The van der Waals surface area contributed by atoms with Gasteiger partial charge in [0.1, 0.15) is 0 Å². The maximum atomic E-state index is 0. The summed E-state index contributed by atoms with van der Waals surface area (Å²) in [6.45, 7) is 0. The molecule has 0 rings (SSSR count). The van der Waals surface area contributed by atoms with Gasteiger partial charge in [0, 0.05) is 27.3 Å². The van der Waals surface area contributed by atoms with E-state index in [-0.39, 0.29) is 64.5 Å². The summed E-state index contributed by atoms with van der Waals surface area (Å²) in [5.41, 5.74) is 0. The fourth-order valence-corrected chi connectivity index (χ4v) is 0. The fraction of sp³-hybridized carbons (Fsp3) is 0. The van der Waals surface area contributed by atoms with Crippen molar-refractivity contribution in [2.45, 2.75) is 0 Å². The van der Waals surface area contributed by atoms with Crippen LogP contribution in [0.1, 0.15) is 0 Å². The van der Waals surface area contributed by atoms with Crippen LogP contribution in [0.3, 0.4) is 0 Å². The number of halogens is 3. The smallest absolute Gasteiger partial charge is 0 e. The van der Waals surface area contributed by atoms with Gasteiger partial charge in [0.2, 0.25) is 0 Å². The first-order chi connectivity index (χ1) is 0. The molecule has 0 bridgehead atoms. The zero-order chi connectivity index (χ0) is 0. The molecule has 0 aromatic heterocycles. The molecule has 0 atom stereocenters. The Labute approximate surface area is 64.1 Å². The van der Waals surface area contributed by atoms with Crippen LogP contribution in [0.4, 0.5) is 0 Å². The second-order valence-electron chi connectivity index (χ2n) is 0. The Kier molecular flexibility index (Phi) is 222. The van der Waals surface area contributed by atoms with Crippen molar-refractivity contribution >= 4 is 64.5 Å². The maximum absolute atomic E-state index is 0. The number of hydrogen-bond acceptors (Lipinski definition) is 0. The summed E-state index contributed by atoms with van der Waals surface area (Å²) < 4.78 is 0. The molecule has 0 aliphatic rings. The van der Waals surface area contributed by atoms with Gasteiger partial charge in [0.25, 0.3) is 0 Å². The molecule has 0 saturated heterocycles. The summed E-state index contributed by atoms with van der Waals surface area (Å²) >= 11 is 0. The van der Waals surface area contributed by atoms with Crippen molar-refractivity contribution in [1.82, 2.24) is 0 Å². The molecule has 0 amide bonds. The van der Waals surface area contributed by atoms with E-state index < -0.39 is 0 Å². The molecule has 0 aromatic rings. The zero-order valence-corrected chi connectivity index (χ0v) is 8.74. The molecule has 1 radical (unpaired) electrons. The van der Waals surface area contributed by atoms with Gasteiger partial charge in [-0.3, -0.25) is 0 Å². The van der Waals surface area contributed by atoms with E-state index in [2.05, 4.69) is 0 Å². The van der Waals surface area contributed by atoms with Crippen molar-refractivity contribution in [1.29, 1.82) is 0 Å². The summed E-state index contributed by atoms with van der Waals surface area (Å²) in [5, 5.41) is 0. The van der Waals surface area contributed by atoms with Crippen molar-refractivity contribution in [2.75, 3.05) is 0 Å². The van der Waals surface area contributed by atoms with E-state index in [1.807, 2.05) is 0 Å². The normalized spacial score (nSPS) is 0. The van der Waals surface area contributed by atoms with Crippen LogP contribution in [0, 0.1) is 0 Å². The molecule has 27 valence electrons. The second-order valence-corrected chi connectivity index (χ2v) is 0. The van der Waals surface area contributed by atoms with Crippen LogP contribution in [-0.4, -0.2) is 27.3 Å². The minimum atomic E-state index is 0. The van der Waals surface area contributed by atoms with Crippen molar-refractivity contribution in [3.05, 3.63) is 0 Å². The van der Waals surface area contributed by atoms with Gasteiger partial charge in [-0.05, 0) is 0 Å². The Hall–Kier alpha value is 1.79. The Morgan fingerprint density at radius 3 is 0.500 bits per heavy atom. The maximum Gasteiger partial charge on any atom is 0 e. The first-order valence-corrected chi connectivity index (χ1v) is 0. The van der Waals surface area contributed by atoms with Crippen LogP contribution in [0.5, 0.6) is 0 Å². The van der Waals surface area contributed by atoms with Crippen molar-refractivity contribution < 1.29 is 0 Å². The zero-order valence-electron chi connectivity index (χ0n) is 1.80. The van der Waals surface area contributed by atoms with Crippen LogP contribution >= 0.6 is 37.2 Å². The SMILES string of the molecule is Cl.Cl.Cl.[Tl]. The monoisotopic (exact) mass is 313 g/mol. The third-order valence-electron chi connectivity index (χ3n) is 0. The van der Waals surface area contributed by atoms with Gasteiger partial charge in [-0.15, -0.1) is 37.2 Å². The average Bonchev–Trinajstić information content (AvgIpc) is 0. The fourth-order valence-electron chi connectivity index (χ4n) is 0. The number of rotatable bonds is 0. The van der Waals surface area contributed by atoms with Crippen molar-refractivity contribution in [3.8, 4) is 0 Å². The first-order valence-electron chi connectivity index (χ1n) is 0. The Morgan fingerprint density at radius 2 is 0.500 bits per heavy atom. The molecule has 0 N–H and O–H groups in total. The predicted octanol–water partition coefficient (Wildman–Crippen LogP) is 0.885. The van der Waals surface area contributed by atoms with Gasteiger partial charge in [0.15, 0.2) is 0 Å². The van der Waals surface area contributed by atoms with Crippen molar-refractivity contribution in [2.24, 2.45) is 0 Å².